The third-order valence-corrected chi connectivity index (χ3v) is 4.01. The molecule has 0 saturated heterocycles. The second kappa shape index (κ2) is 8.35. The minimum absolute atomic E-state index is 0.165. The maximum absolute atomic E-state index is 14.1. The van der Waals surface area contributed by atoms with Crippen LogP contribution >= 0.6 is 15.9 Å². The van der Waals surface area contributed by atoms with Crippen molar-refractivity contribution in [1.29, 1.82) is 0 Å². The third-order valence-electron chi connectivity index (χ3n) is 3.40. The first-order valence-corrected chi connectivity index (χ1v) is 9.12. The van der Waals surface area contributed by atoms with Crippen molar-refractivity contribution < 1.29 is 28.2 Å². The van der Waals surface area contributed by atoms with Gasteiger partial charge in [-0.1, -0.05) is 5.16 Å². The van der Waals surface area contributed by atoms with E-state index in [2.05, 4.69) is 21.1 Å². The zero-order valence-electron chi connectivity index (χ0n) is 15.5. The molecule has 0 amide bonds. The van der Waals surface area contributed by atoms with Gasteiger partial charge in [0.15, 0.2) is 6.10 Å². The van der Waals surface area contributed by atoms with Gasteiger partial charge in [0.25, 0.3) is 0 Å². The first-order chi connectivity index (χ1) is 12.1. The van der Waals surface area contributed by atoms with Crippen LogP contribution in [-0.4, -0.2) is 42.7 Å². The number of oxime groups is 1. The van der Waals surface area contributed by atoms with Crippen LogP contribution in [0.2, 0.25) is 0 Å². The molecule has 0 radical (unpaired) electrons. The summed E-state index contributed by atoms with van der Waals surface area (Å²) in [7, 11) is 0. The van der Waals surface area contributed by atoms with Crippen molar-refractivity contribution in [2.45, 2.75) is 52.4 Å². The van der Waals surface area contributed by atoms with Crippen LogP contribution in [-0.2, 0) is 19.1 Å². The molecule has 0 fully saturated rings. The lowest BCUT2D eigenvalue weighted by molar-refractivity contribution is -0.162. The molecule has 1 aliphatic rings. The Bertz CT molecular complexity index is 702. The van der Waals surface area contributed by atoms with Crippen LogP contribution in [0.3, 0.4) is 0 Å². The van der Waals surface area contributed by atoms with E-state index in [1.54, 1.807) is 27.7 Å². The number of nitrogens with zero attached hydrogens (tertiary/aromatic N) is 1. The number of carbonyl (C=O) groups excluding carboxylic acids is 1. The first-order valence-electron chi connectivity index (χ1n) is 8.32. The quantitative estimate of drug-likeness (QED) is 0.640. The van der Waals surface area contributed by atoms with E-state index < -0.39 is 29.6 Å². The van der Waals surface area contributed by atoms with Gasteiger partial charge in [0.2, 0.25) is 0 Å². The summed E-state index contributed by atoms with van der Waals surface area (Å²) in [4.78, 5) is 17.3. The maximum atomic E-state index is 14.1. The predicted octanol–water partition coefficient (Wildman–Crippen LogP) is 3.84. The van der Waals surface area contributed by atoms with Gasteiger partial charge in [-0.15, -0.1) is 0 Å². The van der Waals surface area contributed by atoms with Crippen molar-refractivity contribution in [3.63, 3.8) is 0 Å². The number of ether oxygens (including phenoxy) is 3. The lowest BCUT2D eigenvalue weighted by Crippen LogP contribution is -2.34. The molecule has 1 aromatic rings. The van der Waals surface area contributed by atoms with Crippen molar-refractivity contribution in [3.05, 3.63) is 28.0 Å². The molecule has 144 valence electrons. The fourth-order valence-corrected chi connectivity index (χ4v) is 2.66. The van der Waals surface area contributed by atoms with Crippen molar-refractivity contribution in [2.75, 3.05) is 13.2 Å². The Labute approximate surface area is 160 Å². The Morgan fingerprint density at radius 2 is 2.15 bits per heavy atom. The molecule has 6 nitrogen and oxygen atoms in total. The molecule has 0 N–H and O–H groups in total. The molecule has 1 heterocycles. The van der Waals surface area contributed by atoms with Gasteiger partial charge in [-0.25, -0.2) is 9.18 Å². The molecule has 0 bridgehead atoms. The molecule has 8 heteroatoms. The highest BCUT2D eigenvalue weighted by molar-refractivity contribution is 9.10. The van der Waals surface area contributed by atoms with E-state index in [9.17, 15) is 9.18 Å². The van der Waals surface area contributed by atoms with Crippen molar-refractivity contribution in [1.82, 2.24) is 0 Å². The summed E-state index contributed by atoms with van der Waals surface area (Å²) >= 11 is 3.16. The average Bonchev–Trinajstić information content (AvgIpc) is 2.97. The molecule has 0 aromatic heterocycles. The Kier molecular flexibility index (Phi) is 6.63. The number of hydrogen-bond acceptors (Lipinski definition) is 6. The summed E-state index contributed by atoms with van der Waals surface area (Å²) in [5.41, 5.74) is 0.329. The van der Waals surface area contributed by atoms with Gasteiger partial charge in [0.05, 0.1) is 4.47 Å². The monoisotopic (exact) mass is 431 g/mol. The molecule has 1 aromatic carbocycles. The summed E-state index contributed by atoms with van der Waals surface area (Å²) in [6, 6.07) is 2.73. The minimum Gasteiger partial charge on any atom is -0.478 e. The van der Waals surface area contributed by atoms with Crippen molar-refractivity contribution in [2.24, 2.45) is 5.16 Å². The molecule has 0 aliphatic carbocycles. The fraction of sp³-hybridized carbons (Fsp3) is 0.556. The van der Waals surface area contributed by atoms with E-state index in [0.717, 1.165) is 0 Å². The summed E-state index contributed by atoms with van der Waals surface area (Å²) in [6.45, 7) is 9.43. The Morgan fingerprint density at radius 3 is 2.77 bits per heavy atom. The lowest BCUT2D eigenvalue weighted by atomic mass is 10.0. The second-order valence-corrected chi connectivity index (χ2v) is 7.63. The largest absolute Gasteiger partial charge is 0.478 e. The third kappa shape index (κ3) is 5.17. The van der Waals surface area contributed by atoms with Crippen LogP contribution in [0.25, 0.3) is 0 Å². The number of carbonyl (C=O) groups is 1. The predicted molar refractivity (Wildman–Crippen MR) is 97.9 cm³/mol. The molecule has 2 atom stereocenters. The summed E-state index contributed by atoms with van der Waals surface area (Å²) < 4.78 is 30.9. The molecular formula is C18H23BrFNO5. The van der Waals surface area contributed by atoms with E-state index in [0.29, 0.717) is 17.9 Å². The number of esters is 1. The second-order valence-electron chi connectivity index (χ2n) is 6.77. The zero-order valence-corrected chi connectivity index (χ0v) is 17.1. The van der Waals surface area contributed by atoms with E-state index in [1.165, 1.54) is 12.1 Å². The van der Waals surface area contributed by atoms with Crippen LogP contribution in [0.15, 0.2) is 21.8 Å². The maximum Gasteiger partial charge on any atom is 0.347 e. The van der Waals surface area contributed by atoms with Crippen LogP contribution in [0, 0.1) is 5.82 Å². The van der Waals surface area contributed by atoms with Crippen LogP contribution in [0.1, 0.15) is 40.2 Å². The van der Waals surface area contributed by atoms with Gasteiger partial charge < -0.3 is 19.0 Å². The average molecular weight is 432 g/mol. The molecule has 2 rings (SSSR count). The number of halogens is 2. The highest BCUT2D eigenvalue weighted by Crippen LogP contribution is 2.31. The number of benzene rings is 1. The molecular weight excluding hydrogens is 409 g/mol. The highest BCUT2D eigenvalue weighted by atomic mass is 79.9. The molecule has 1 aliphatic heterocycles. The van der Waals surface area contributed by atoms with E-state index in [4.69, 9.17) is 19.0 Å². The van der Waals surface area contributed by atoms with E-state index >= 15 is 0 Å². The van der Waals surface area contributed by atoms with Crippen LogP contribution in [0.4, 0.5) is 4.39 Å². The summed E-state index contributed by atoms with van der Waals surface area (Å²) in [5.74, 6) is -0.900. The summed E-state index contributed by atoms with van der Waals surface area (Å²) in [5, 5.41) is 4.00. The SMILES string of the molecule is CCO[C@@H]1CON=C1c1cc(Br)c(F)cc1O[C@@H](C)C(=O)OC(C)(C)C. The van der Waals surface area contributed by atoms with Crippen molar-refractivity contribution in [3.8, 4) is 5.75 Å². The molecule has 0 unspecified atom stereocenters. The Morgan fingerprint density at radius 1 is 1.46 bits per heavy atom. The van der Waals surface area contributed by atoms with Gasteiger partial charge in [0.1, 0.15) is 35.6 Å². The van der Waals surface area contributed by atoms with E-state index in [-0.39, 0.29) is 16.8 Å². The van der Waals surface area contributed by atoms with Gasteiger partial charge in [-0.2, -0.15) is 0 Å². The number of hydrogen-bond donors (Lipinski definition) is 0. The zero-order chi connectivity index (χ0) is 19.5. The normalized spacial score (nSPS) is 18.1. The minimum atomic E-state index is -0.929. The summed E-state index contributed by atoms with van der Waals surface area (Å²) in [6.07, 6.45) is -1.32. The Hall–Kier alpha value is -1.67. The smallest absolute Gasteiger partial charge is 0.347 e. The van der Waals surface area contributed by atoms with Gasteiger partial charge in [-0.05, 0) is 56.6 Å². The molecule has 0 spiro atoms. The molecule has 0 saturated carbocycles. The fourth-order valence-electron chi connectivity index (χ4n) is 2.31. The topological polar surface area (TPSA) is 66.3 Å². The number of rotatable bonds is 6. The lowest BCUT2D eigenvalue weighted by Gasteiger charge is -2.23. The van der Waals surface area contributed by atoms with E-state index in [1.807, 2.05) is 6.92 Å². The molecule has 26 heavy (non-hydrogen) atoms. The first kappa shape index (κ1) is 20.6. The van der Waals surface area contributed by atoms with Crippen LogP contribution in [0.5, 0.6) is 5.75 Å². The highest BCUT2D eigenvalue weighted by Gasteiger charge is 2.30. The van der Waals surface area contributed by atoms with Crippen LogP contribution < -0.4 is 4.74 Å². The van der Waals surface area contributed by atoms with Gasteiger partial charge in [0, 0.05) is 18.2 Å². The van der Waals surface area contributed by atoms with Gasteiger partial charge in [-0.3, -0.25) is 0 Å². The van der Waals surface area contributed by atoms with Crippen molar-refractivity contribution >= 4 is 27.6 Å². The van der Waals surface area contributed by atoms with Gasteiger partial charge >= 0.3 is 5.97 Å². The Balaban J connectivity index is 2.30. The standard InChI is InChI=1S/C18H23BrFNO5/c1-6-23-15-9-24-21-16(15)11-7-12(19)13(20)8-14(11)25-10(2)17(22)26-18(3,4)5/h7-8,10,15H,6,9H2,1-5H3/t10-,15+/m0/s1.